The van der Waals surface area contributed by atoms with Gasteiger partial charge in [-0.05, 0) is 11.5 Å². The van der Waals surface area contributed by atoms with E-state index in [1.807, 2.05) is 20.8 Å². The number of methoxy groups -OCH3 is 2. The molecule has 0 saturated carbocycles. The van der Waals surface area contributed by atoms with E-state index in [0.29, 0.717) is 17.1 Å². The number of nitrogens with zero attached hydrogens (tertiary/aromatic N) is 1. The van der Waals surface area contributed by atoms with Crippen LogP contribution in [0, 0.1) is 16.7 Å². The standard InChI is InChI=1S/C15H21NO3/c1-15(2,3)14(17)12(9-16)11-7-6-10(18-4)8-13(11)19-5/h6-8,12,14,17H,1-5H3. The second-order valence-electron chi connectivity index (χ2n) is 5.53. The maximum atomic E-state index is 10.3. The first-order valence-electron chi connectivity index (χ1n) is 6.14. The van der Waals surface area contributed by atoms with Crippen LogP contribution in [-0.2, 0) is 0 Å². The van der Waals surface area contributed by atoms with Gasteiger partial charge < -0.3 is 14.6 Å². The van der Waals surface area contributed by atoms with Gasteiger partial charge in [0.25, 0.3) is 0 Å². The molecule has 0 amide bonds. The number of hydrogen-bond donors (Lipinski definition) is 1. The van der Waals surface area contributed by atoms with Gasteiger partial charge in [-0.3, -0.25) is 0 Å². The Bertz CT molecular complexity index is 471. The molecule has 0 fully saturated rings. The van der Waals surface area contributed by atoms with E-state index in [4.69, 9.17) is 9.47 Å². The summed E-state index contributed by atoms with van der Waals surface area (Å²) in [4.78, 5) is 0. The van der Waals surface area contributed by atoms with Gasteiger partial charge >= 0.3 is 0 Å². The number of ether oxygens (including phenoxy) is 2. The number of aliphatic hydroxyl groups is 1. The summed E-state index contributed by atoms with van der Waals surface area (Å²) in [6.45, 7) is 5.70. The van der Waals surface area contributed by atoms with Crippen LogP contribution in [-0.4, -0.2) is 25.4 Å². The Balaban J connectivity index is 3.23. The predicted molar refractivity (Wildman–Crippen MR) is 73.4 cm³/mol. The summed E-state index contributed by atoms with van der Waals surface area (Å²) in [5.41, 5.74) is 0.291. The highest BCUT2D eigenvalue weighted by Crippen LogP contribution is 2.37. The van der Waals surface area contributed by atoms with Gasteiger partial charge in [-0.15, -0.1) is 0 Å². The van der Waals surface area contributed by atoms with Crippen LogP contribution in [0.3, 0.4) is 0 Å². The van der Waals surface area contributed by atoms with E-state index in [2.05, 4.69) is 6.07 Å². The van der Waals surface area contributed by atoms with Crippen molar-refractivity contribution in [3.05, 3.63) is 23.8 Å². The zero-order chi connectivity index (χ0) is 14.6. The molecule has 1 rings (SSSR count). The zero-order valence-corrected chi connectivity index (χ0v) is 12.1. The Kier molecular flexibility index (Phi) is 4.79. The van der Waals surface area contributed by atoms with Gasteiger partial charge in [0.1, 0.15) is 17.4 Å². The van der Waals surface area contributed by atoms with Crippen LogP contribution in [0.2, 0.25) is 0 Å². The number of rotatable bonds is 4. The third-order valence-corrected chi connectivity index (χ3v) is 3.12. The molecule has 0 aliphatic rings. The van der Waals surface area contributed by atoms with Crippen LogP contribution in [0.25, 0.3) is 0 Å². The molecule has 0 heterocycles. The summed E-state index contributed by atoms with van der Waals surface area (Å²) >= 11 is 0. The summed E-state index contributed by atoms with van der Waals surface area (Å²) in [7, 11) is 3.11. The molecular weight excluding hydrogens is 242 g/mol. The van der Waals surface area contributed by atoms with Crippen molar-refractivity contribution in [2.75, 3.05) is 14.2 Å². The van der Waals surface area contributed by atoms with Gasteiger partial charge in [-0.25, -0.2) is 0 Å². The smallest absolute Gasteiger partial charge is 0.127 e. The summed E-state index contributed by atoms with van der Waals surface area (Å²) in [6, 6.07) is 7.41. The SMILES string of the molecule is COc1ccc(C(C#N)C(O)C(C)(C)C)c(OC)c1. The summed E-state index contributed by atoms with van der Waals surface area (Å²) in [5, 5.41) is 19.7. The van der Waals surface area contributed by atoms with Crippen molar-refractivity contribution in [1.82, 2.24) is 0 Å². The molecule has 1 aromatic carbocycles. The van der Waals surface area contributed by atoms with Crippen molar-refractivity contribution in [2.24, 2.45) is 5.41 Å². The van der Waals surface area contributed by atoms with Gasteiger partial charge in [0.15, 0.2) is 0 Å². The van der Waals surface area contributed by atoms with Crippen molar-refractivity contribution in [3.63, 3.8) is 0 Å². The van der Waals surface area contributed by atoms with Crippen LogP contribution in [0.1, 0.15) is 32.3 Å². The molecule has 0 aliphatic heterocycles. The van der Waals surface area contributed by atoms with E-state index >= 15 is 0 Å². The molecule has 0 radical (unpaired) electrons. The molecule has 2 unspecified atom stereocenters. The van der Waals surface area contributed by atoms with Crippen LogP contribution in [0.4, 0.5) is 0 Å². The van der Waals surface area contributed by atoms with Crippen molar-refractivity contribution in [3.8, 4) is 17.6 Å². The first-order chi connectivity index (χ1) is 8.85. The average Bonchev–Trinajstić information content (AvgIpc) is 2.38. The third-order valence-electron chi connectivity index (χ3n) is 3.12. The Hall–Kier alpha value is -1.73. The largest absolute Gasteiger partial charge is 0.497 e. The fourth-order valence-electron chi connectivity index (χ4n) is 1.89. The van der Waals surface area contributed by atoms with Gasteiger partial charge in [-0.2, -0.15) is 5.26 Å². The minimum Gasteiger partial charge on any atom is -0.497 e. The topological polar surface area (TPSA) is 62.5 Å². The van der Waals surface area contributed by atoms with Gasteiger partial charge in [0.05, 0.1) is 26.4 Å². The lowest BCUT2D eigenvalue weighted by Gasteiger charge is -2.30. The maximum Gasteiger partial charge on any atom is 0.127 e. The van der Waals surface area contributed by atoms with Gasteiger partial charge in [-0.1, -0.05) is 26.8 Å². The molecule has 1 N–H and O–H groups in total. The van der Waals surface area contributed by atoms with E-state index < -0.39 is 12.0 Å². The number of benzene rings is 1. The lowest BCUT2D eigenvalue weighted by atomic mass is 9.78. The minimum atomic E-state index is -0.778. The number of aliphatic hydroxyl groups excluding tert-OH is 1. The molecule has 0 spiro atoms. The minimum absolute atomic E-state index is 0.384. The van der Waals surface area contributed by atoms with Crippen LogP contribution < -0.4 is 9.47 Å². The lowest BCUT2D eigenvalue weighted by Crippen LogP contribution is -2.32. The first-order valence-corrected chi connectivity index (χ1v) is 6.14. The molecule has 104 valence electrons. The first kappa shape index (κ1) is 15.3. The molecule has 1 aromatic rings. The Labute approximate surface area is 114 Å². The number of hydrogen-bond acceptors (Lipinski definition) is 4. The highest BCUT2D eigenvalue weighted by atomic mass is 16.5. The Morgan fingerprint density at radius 1 is 1.21 bits per heavy atom. The molecule has 4 heteroatoms. The molecule has 2 atom stereocenters. The molecule has 0 aromatic heterocycles. The molecule has 19 heavy (non-hydrogen) atoms. The van der Waals surface area contributed by atoms with Crippen molar-refractivity contribution >= 4 is 0 Å². The average molecular weight is 263 g/mol. The fraction of sp³-hybridized carbons (Fsp3) is 0.533. The third kappa shape index (κ3) is 3.39. The van der Waals surface area contributed by atoms with Crippen molar-refractivity contribution in [1.29, 1.82) is 5.26 Å². The van der Waals surface area contributed by atoms with Crippen LogP contribution in [0.5, 0.6) is 11.5 Å². The number of nitriles is 1. The maximum absolute atomic E-state index is 10.3. The second-order valence-corrected chi connectivity index (χ2v) is 5.53. The van der Waals surface area contributed by atoms with Gasteiger partial charge in [0.2, 0.25) is 0 Å². The molecule has 4 nitrogen and oxygen atoms in total. The fourth-order valence-corrected chi connectivity index (χ4v) is 1.89. The van der Waals surface area contributed by atoms with Crippen LogP contribution >= 0.6 is 0 Å². The second kappa shape index (κ2) is 5.94. The molecular formula is C15H21NO3. The van der Waals surface area contributed by atoms with Crippen molar-refractivity contribution < 1.29 is 14.6 Å². The van der Waals surface area contributed by atoms with E-state index in [1.165, 1.54) is 7.11 Å². The van der Waals surface area contributed by atoms with E-state index in [-0.39, 0.29) is 5.41 Å². The highest BCUT2D eigenvalue weighted by Gasteiger charge is 2.33. The highest BCUT2D eigenvalue weighted by molar-refractivity contribution is 5.45. The molecule has 0 saturated heterocycles. The molecule has 0 bridgehead atoms. The monoisotopic (exact) mass is 263 g/mol. The quantitative estimate of drug-likeness (QED) is 0.907. The predicted octanol–water partition coefficient (Wildman–Crippen LogP) is 2.72. The van der Waals surface area contributed by atoms with Crippen molar-refractivity contribution in [2.45, 2.75) is 32.8 Å². The summed E-state index contributed by atoms with van der Waals surface area (Å²) < 4.78 is 10.4. The van der Waals surface area contributed by atoms with Crippen LogP contribution in [0.15, 0.2) is 18.2 Å². The Morgan fingerprint density at radius 2 is 1.84 bits per heavy atom. The van der Waals surface area contributed by atoms with E-state index in [9.17, 15) is 10.4 Å². The van der Waals surface area contributed by atoms with E-state index in [0.717, 1.165) is 0 Å². The van der Waals surface area contributed by atoms with E-state index in [1.54, 1.807) is 25.3 Å². The molecule has 0 aliphatic carbocycles. The van der Waals surface area contributed by atoms with Gasteiger partial charge in [0, 0.05) is 11.6 Å². The normalized spacial score (nSPS) is 14.4. The Morgan fingerprint density at radius 3 is 2.26 bits per heavy atom. The lowest BCUT2D eigenvalue weighted by molar-refractivity contribution is 0.0521. The zero-order valence-electron chi connectivity index (χ0n) is 12.1. The summed E-state index contributed by atoms with van der Waals surface area (Å²) in [6.07, 6.45) is -0.778. The summed E-state index contributed by atoms with van der Waals surface area (Å²) in [5.74, 6) is 0.567.